The molecule has 38 heavy (non-hydrogen) atoms. The third-order valence-corrected chi connectivity index (χ3v) is 8.46. The molecule has 1 unspecified atom stereocenters. The van der Waals surface area contributed by atoms with Crippen molar-refractivity contribution in [3.05, 3.63) is 88.7 Å². The van der Waals surface area contributed by atoms with Gasteiger partial charge in [0.05, 0.1) is 28.5 Å². The number of pyridine rings is 1. The standard InChI is InChI=1S/C28H30F3N3O3S/c1-4-38(36,37)25-11-10-23(32-17-25)16-33-27(35)20-7-12-26-21(14-20)15-24(34(26)18(2)3)13-19-5-8-22(9-6-19)28(29,30)31/h5-12,14,17-18,24H,4,13,15-16H2,1-3H3,(H,33,35). The molecule has 0 saturated heterocycles. The van der Waals surface area contributed by atoms with E-state index in [2.05, 4.69) is 29.0 Å². The van der Waals surface area contributed by atoms with Gasteiger partial charge in [-0.2, -0.15) is 13.2 Å². The Kier molecular flexibility index (Phi) is 7.83. The highest BCUT2D eigenvalue weighted by atomic mass is 32.2. The van der Waals surface area contributed by atoms with Crippen LogP contribution in [-0.2, 0) is 35.4 Å². The summed E-state index contributed by atoms with van der Waals surface area (Å²) in [6.07, 6.45) is -1.81. The molecule has 10 heteroatoms. The number of hydrogen-bond acceptors (Lipinski definition) is 5. The minimum absolute atomic E-state index is 0.0114. The van der Waals surface area contributed by atoms with E-state index in [4.69, 9.17) is 0 Å². The molecule has 1 aromatic heterocycles. The van der Waals surface area contributed by atoms with Crippen molar-refractivity contribution in [2.45, 2.75) is 63.3 Å². The van der Waals surface area contributed by atoms with E-state index in [0.29, 0.717) is 24.1 Å². The average Bonchev–Trinajstić information content (AvgIpc) is 3.24. The number of fused-ring (bicyclic) bond motifs is 1. The molecule has 1 aliphatic rings. The maximum atomic E-state index is 12.9. The average molecular weight is 546 g/mol. The molecule has 0 aliphatic carbocycles. The van der Waals surface area contributed by atoms with E-state index < -0.39 is 21.6 Å². The lowest BCUT2D eigenvalue weighted by atomic mass is 10.00. The fourth-order valence-electron chi connectivity index (χ4n) is 4.80. The topological polar surface area (TPSA) is 79.4 Å². The third-order valence-electron chi connectivity index (χ3n) is 6.74. The van der Waals surface area contributed by atoms with Crippen molar-refractivity contribution in [2.24, 2.45) is 0 Å². The number of nitrogens with one attached hydrogen (secondary N) is 1. The van der Waals surface area contributed by atoms with E-state index in [1.165, 1.54) is 24.4 Å². The van der Waals surface area contributed by atoms with Gasteiger partial charge in [0, 0.05) is 29.5 Å². The van der Waals surface area contributed by atoms with Crippen molar-refractivity contribution in [1.29, 1.82) is 0 Å². The van der Waals surface area contributed by atoms with E-state index in [0.717, 1.165) is 28.9 Å². The number of benzene rings is 2. The number of alkyl halides is 3. The van der Waals surface area contributed by atoms with E-state index in [1.54, 1.807) is 19.1 Å². The normalized spacial score (nSPS) is 15.6. The third kappa shape index (κ3) is 6.01. The smallest absolute Gasteiger partial charge is 0.365 e. The van der Waals surface area contributed by atoms with Crippen LogP contribution in [0.5, 0.6) is 0 Å². The molecule has 202 valence electrons. The Labute approximate surface area is 220 Å². The molecular formula is C28H30F3N3O3S. The number of carbonyl (C=O) groups excluding carboxylic acids is 1. The molecular weight excluding hydrogens is 515 g/mol. The maximum absolute atomic E-state index is 12.9. The van der Waals surface area contributed by atoms with Crippen LogP contribution in [0.3, 0.4) is 0 Å². The van der Waals surface area contributed by atoms with Crippen LogP contribution in [0.4, 0.5) is 18.9 Å². The first-order chi connectivity index (χ1) is 17.9. The lowest BCUT2D eigenvalue weighted by Gasteiger charge is -2.32. The zero-order valence-electron chi connectivity index (χ0n) is 21.4. The van der Waals surface area contributed by atoms with Crippen molar-refractivity contribution in [1.82, 2.24) is 10.3 Å². The van der Waals surface area contributed by atoms with E-state index in [1.807, 2.05) is 12.1 Å². The van der Waals surface area contributed by atoms with Crippen LogP contribution in [0, 0.1) is 0 Å². The number of aromatic nitrogens is 1. The second-order valence-electron chi connectivity index (χ2n) is 9.67. The van der Waals surface area contributed by atoms with Crippen molar-refractivity contribution in [3.8, 4) is 0 Å². The fraction of sp³-hybridized carbons (Fsp3) is 0.357. The minimum atomic E-state index is -4.36. The van der Waals surface area contributed by atoms with Gasteiger partial charge in [-0.05, 0) is 80.3 Å². The predicted molar refractivity (Wildman–Crippen MR) is 140 cm³/mol. The molecule has 6 nitrogen and oxygen atoms in total. The molecule has 0 radical (unpaired) electrons. The zero-order valence-corrected chi connectivity index (χ0v) is 22.2. The molecule has 0 bridgehead atoms. The Morgan fingerprint density at radius 2 is 1.82 bits per heavy atom. The molecule has 2 heterocycles. The highest BCUT2D eigenvalue weighted by Gasteiger charge is 2.33. The van der Waals surface area contributed by atoms with Crippen LogP contribution in [-0.4, -0.2) is 37.1 Å². The molecule has 1 atom stereocenters. The van der Waals surface area contributed by atoms with E-state index in [-0.39, 0.29) is 35.2 Å². The summed E-state index contributed by atoms with van der Waals surface area (Å²) in [6.45, 7) is 5.85. The molecule has 2 aromatic carbocycles. The Morgan fingerprint density at radius 3 is 2.39 bits per heavy atom. The van der Waals surface area contributed by atoms with Gasteiger partial charge in [-0.25, -0.2) is 8.42 Å². The Morgan fingerprint density at radius 1 is 1.11 bits per heavy atom. The molecule has 3 aromatic rings. The molecule has 0 fully saturated rings. The van der Waals surface area contributed by atoms with Crippen LogP contribution < -0.4 is 10.2 Å². The van der Waals surface area contributed by atoms with Crippen molar-refractivity contribution < 1.29 is 26.4 Å². The number of halogens is 3. The molecule has 0 saturated carbocycles. The summed E-state index contributed by atoms with van der Waals surface area (Å²) in [5.41, 5.74) is 3.22. The highest BCUT2D eigenvalue weighted by Crippen LogP contribution is 2.36. The number of anilines is 1. The van der Waals surface area contributed by atoms with Gasteiger partial charge >= 0.3 is 6.18 Å². The van der Waals surface area contributed by atoms with Crippen LogP contribution in [0.1, 0.15) is 53.5 Å². The van der Waals surface area contributed by atoms with Crippen LogP contribution in [0.2, 0.25) is 0 Å². The molecule has 4 rings (SSSR count). The summed E-state index contributed by atoms with van der Waals surface area (Å²) in [7, 11) is -3.34. The van der Waals surface area contributed by atoms with Gasteiger partial charge in [0.1, 0.15) is 0 Å². The second-order valence-corrected chi connectivity index (χ2v) is 12.0. The summed E-state index contributed by atoms with van der Waals surface area (Å²) in [6, 6.07) is 14.1. The monoisotopic (exact) mass is 545 g/mol. The zero-order chi connectivity index (χ0) is 27.7. The van der Waals surface area contributed by atoms with Gasteiger partial charge in [0.2, 0.25) is 0 Å². The quantitative estimate of drug-likeness (QED) is 0.421. The summed E-state index contributed by atoms with van der Waals surface area (Å²) in [5, 5.41) is 2.82. The Bertz CT molecular complexity index is 1400. The van der Waals surface area contributed by atoms with Gasteiger partial charge in [0.25, 0.3) is 5.91 Å². The number of nitrogens with zero attached hydrogens (tertiary/aromatic N) is 2. The Balaban J connectivity index is 1.44. The van der Waals surface area contributed by atoms with Gasteiger partial charge in [-0.15, -0.1) is 0 Å². The summed E-state index contributed by atoms with van der Waals surface area (Å²) >= 11 is 0. The first kappa shape index (κ1) is 27.6. The van der Waals surface area contributed by atoms with E-state index >= 15 is 0 Å². The second kappa shape index (κ2) is 10.8. The minimum Gasteiger partial charge on any atom is -0.365 e. The number of rotatable bonds is 8. The SMILES string of the molecule is CCS(=O)(=O)c1ccc(CNC(=O)c2ccc3c(c2)CC(Cc2ccc(C(F)(F)F)cc2)N3C(C)C)nc1. The number of hydrogen-bond donors (Lipinski definition) is 1. The largest absolute Gasteiger partial charge is 0.416 e. The summed E-state index contributed by atoms with van der Waals surface area (Å²) in [5.74, 6) is -0.287. The number of amides is 1. The summed E-state index contributed by atoms with van der Waals surface area (Å²) < 4.78 is 62.7. The Hall–Kier alpha value is -3.40. The van der Waals surface area contributed by atoms with Gasteiger partial charge < -0.3 is 10.2 Å². The van der Waals surface area contributed by atoms with Crippen LogP contribution in [0.25, 0.3) is 0 Å². The first-order valence-corrected chi connectivity index (χ1v) is 14.1. The molecule has 1 N–H and O–H groups in total. The fourth-order valence-corrected chi connectivity index (χ4v) is 5.62. The van der Waals surface area contributed by atoms with E-state index in [9.17, 15) is 26.4 Å². The summed E-state index contributed by atoms with van der Waals surface area (Å²) in [4.78, 5) is 19.4. The van der Waals surface area contributed by atoms with Crippen LogP contribution >= 0.6 is 0 Å². The van der Waals surface area contributed by atoms with Gasteiger partial charge in [-0.3, -0.25) is 9.78 Å². The predicted octanol–water partition coefficient (Wildman–Crippen LogP) is 5.21. The molecule has 0 spiro atoms. The van der Waals surface area contributed by atoms with Crippen molar-refractivity contribution in [2.75, 3.05) is 10.7 Å². The van der Waals surface area contributed by atoms with Gasteiger partial charge in [0.15, 0.2) is 9.84 Å². The van der Waals surface area contributed by atoms with Crippen molar-refractivity contribution in [3.63, 3.8) is 0 Å². The van der Waals surface area contributed by atoms with Crippen LogP contribution in [0.15, 0.2) is 65.7 Å². The maximum Gasteiger partial charge on any atom is 0.416 e. The lowest BCUT2D eigenvalue weighted by molar-refractivity contribution is -0.137. The lowest BCUT2D eigenvalue weighted by Crippen LogP contribution is -2.39. The molecule has 1 aliphatic heterocycles. The first-order valence-electron chi connectivity index (χ1n) is 12.4. The number of sulfone groups is 1. The highest BCUT2D eigenvalue weighted by molar-refractivity contribution is 7.91. The van der Waals surface area contributed by atoms with Crippen molar-refractivity contribution >= 4 is 21.4 Å². The van der Waals surface area contributed by atoms with Gasteiger partial charge in [-0.1, -0.05) is 19.1 Å². The molecule has 1 amide bonds. The number of carbonyl (C=O) groups is 1.